The van der Waals surface area contributed by atoms with Gasteiger partial charge in [-0.2, -0.15) is 0 Å². The molecule has 0 saturated heterocycles. The summed E-state index contributed by atoms with van der Waals surface area (Å²) in [5.74, 6) is -1.30. The minimum Gasteiger partial charge on any atom is -0.477 e. The van der Waals surface area contributed by atoms with Crippen LogP contribution in [0.25, 0.3) is 0 Å². The van der Waals surface area contributed by atoms with E-state index in [1.165, 1.54) is 14.0 Å². The van der Waals surface area contributed by atoms with Gasteiger partial charge in [0.1, 0.15) is 5.69 Å². The van der Waals surface area contributed by atoms with E-state index in [0.29, 0.717) is 0 Å². The fourth-order valence-electron chi connectivity index (χ4n) is 1.01. The predicted octanol–water partition coefficient (Wildman–Crippen LogP) is -0.0881. The number of aromatic carboxylic acids is 1. The summed E-state index contributed by atoms with van der Waals surface area (Å²) in [5.41, 5.74) is -0.142. The van der Waals surface area contributed by atoms with Crippen LogP contribution in [0.15, 0.2) is 11.4 Å². The molecule has 0 amide bonds. The number of sulfone groups is 1. The molecule has 0 fully saturated rings. The van der Waals surface area contributed by atoms with E-state index in [0.717, 1.165) is 10.8 Å². The van der Waals surface area contributed by atoms with Gasteiger partial charge in [0.2, 0.25) is 15.0 Å². The molecule has 0 aliphatic heterocycles. The molecular formula is C7H10N2O4S. The van der Waals surface area contributed by atoms with Crippen LogP contribution >= 0.6 is 0 Å². The fourth-order valence-corrected chi connectivity index (χ4v) is 2.00. The normalized spacial score (nSPS) is 11.6. The van der Waals surface area contributed by atoms with Crippen molar-refractivity contribution in [3.8, 4) is 0 Å². The maximum absolute atomic E-state index is 11.4. The van der Waals surface area contributed by atoms with Gasteiger partial charge in [0.25, 0.3) is 0 Å². The zero-order valence-electron chi connectivity index (χ0n) is 7.76. The van der Waals surface area contributed by atoms with Gasteiger partial charge in [-0.15, -0.1) is 0 Å². The highest BCUT2D eigenvalue weighted by atomic mass is 32.2. The van der Waals surface area contributed by atoms with Crippen LogP contribution in [-0.2, 0) is 16.9 Å². The minimum atomic E-state index is -3.45. The van der Waals surface area contributed by atoms with Crippen LogP contribution in [0.5, 0.6) is 0 Å². The molecule has 0 aromatic carbocycles. The fraction of sp³-hybridized carbons (Fsp3) is 0.429. The average molecular weight is 218 g/mol. The number of carboxylic acid groups (broad SMARTS) is 1. The van der Waals surface area contributed by atoms with E-state index in [2.05, 4.69) is 4.98 Å². The van der Waals surface area contributed by atoms with Gasteiger partial charge in [0.05, 0.1) is 11.9 Å². The van der Waals surface area contributed by atoms with Crippen LogP contribution in [-0.4, -0.2) is 34.8 Å². The first-order valence-corrected chi connectivity index (χ1v) is 5.53. The van der Waals surface area contributed by atoms with E-state index >= 15 is 0 Å². The van der Waals surface area contributed by atoms with Crippen molar-refractivity contribution < 1.29 is 18.3 Å². The maximum atomic E-state index is 11.4. The zero-order valence-corrected chi connectivity index (χ0v) is 8.58. The lowest BCUT2D eigenvalue weighted by atomic mass is 10.5. The molecule has 1 heterocycles. The second kappa shape index (κ2) is 3.41. The summed E-state index contributed by atoms with van der Waals surface area (Å²) in [6, 6.07) is 0. The van der Waals surface area contributed by atoms with Crippen molar-refractivity contribution in [1.29, 1.82) is 0 Å². The van der Waals surface area contributed by atoms with Gasteiger partial charge in [0.15, 0.2) is 0 Å². The number of aromatic nitrogens is 2. The Kier molecular flexibility index (Phi) is 2.61. The first kappa shape index (κ1) is 10.7. The second-order valence-electron chi connectivity index (χ2n) is 2.69. The third-order valence-electron chi connectivity index (χ3n) is 1.82. The number of imidazole rings is 1. The van der Waals surface area contributed by atoms with E-state index in [9.17, 15) is 13.2 Å². The first-order valence-electron chi connectivity index (χ1n) is 3.88. The van der Waals surface area contributed by atoms with Crippen molar-refractivity contribution in [3.05, 3.63) is 11.9 Å². The summed E-state index contributed by atoms with van der Waals surface area (Å²) in [6.45, 7) is 1.48. The molecule has 0 saturated carbocycles. The summed E-state index contributed by atoms with van der Waals surface area (Å²) in [5, 5.41) is 8.45. The Morgan fingerprint density at radius 3 is 2.57 bits per heavy atom. The van der Waals surface area contributed by atoms with Crippen molar-refractivity contribution in [2.24, 2.45) is 7.05 Å². The number of carbonyl (C=O) groups is 1. The number of rotatable bonds is 3. The lowest BCUT2D eigenvalue weighted by Gasteiger charge is -2.01. The number of hydrogen-bond acceptors (Lipinski definition) is 4. The Labute approximate surface area is 81.1 Å². The van der Waals surface area contributed by atoms with Crippen LogP contribution < -0.4 is 0 Å². The van der Waals surface area contributed by atoms with E-state index in [1.807, 2.05) is 0 Å². The molecular weight excluding hydrogens is 208 g/mol. The highest BCUT2D eigenvalue weighted by molar-refractivity contribution is 7.91. The Bertz CT molecular complexity index is 460. The summed E-state index contributed by atoms with van der Waals surface area (Å²) < 4.78 is 23.8. The van der Waals surface area contributed by atoms with Crippen LogP contribution in [0.3, 0.4) is 0 Å². The minimum absolute atomic E-state index is 0.100. The van der Waals surface area contributed by atoms with Gasteiger partial charge < -0.3 is 9.67 Å². The third-order valence-corrected chi connectivity index (χ3v) is 3.52. The lowest BCUT2D eigenvalue weighted by Crippen LogP contribution is -2.13. The molecule has 0 atom stereocenters. The van der Waals surface area contributed by atoms with E-state index in [4.69, 9.17) is 5.11 Å². The maximum Gasteiger partial charge on any atom is 0.354 e. The Balaban J connectivity index is 3.34. The van der Waals surface area contributed by atoms with Gasteiger partial charge in [-0.1, -0.05) is 6.92 Å². The highest BCUT2D eigenvalue weighted by Gasteiger charge is 2.21. The molecule has 0 aliphatic carbocycles. The van der Waals surface area contributed by atoms with Gasteiger partial charge in [-0.05, 0) is 0 Å². The SMILES string of the molecule is CCS(=O)(=O)c1ncc(C(=O)O)n1C. The third kappa shape index (κ3) is 1.63. The smallest absolute Gasteiger partial charge is 0.354 e. The van der Waals surface area contributed by atoms with Crippen LogP contribution in [0, 0.1) is 0 Å². The largest absolute Gasteiger partial charge is 0.477 e. The van der Waals surface area contributed by atoms with Crippen LogP contribution in [0.2, 0.25) is 0 Å². The molecule has 14 heavy (non-hydrogen) atoms. The molecule has 0 unspecified atom stereocenters. The number of hydrogen-bond donors (Lipinski definition) is 1. The van der Waals surface area contributed by atoms with Gasteiger partial charge in [0, 0.05) is 7.05 Å². The molecule has 0 spiro atoms. The Morgan fingerprint density at radius 2 is 2.21 bits per heavy atom. The molecule has 0 aliphatic rings. The Morgan fingerprint density at radius 1 is 1.64 bits per heavy atom. The highest BCUT2D eigenvalue weighted by Crippen LogP contribution is 2.10. The van der Waals surface area contributed by atoms with E-state index < -0.39 is 15.8 Å². The molecule has 7 heteroatoms. The molecule has 1 aromatic heterocycles. The van der Waals surface area contributed by atoms with Crippen molar-refractivity contribution in [2.75, 3.05) is 5.75 Å². The van der Waals surface area contributed by atoms with Crippen molar-refractivity contribution in [2.45, 2.75) is 12.1 Å². The lowest BCUT2D eigenvalue weighted by molar-refractivity contribution is 0.0685. The second-order valence-corrected chi connectivity index (χ2v) is 4.87. The topological polar surface area (TPSA) is 89.3 Å². The molecule has 1 N–H and O–H groups in total. The molecule has 0 bridgehead atoms. The Hall–Kier alpha value is -1.37. The monoisotopic (exact) mass is 218 g/mol. The van der Waals surface area contributed by atoms with Crippen LogP contribution in [0.1, 0.15) is 17.4 Å². The van der Waals surface area contributed by atoms with Gasteiger partial charge in [-0.25, -0.2) is 18.2 Å². The summed E-state index contributed by atoms with van der Waals surface area (Å²) in [6.07, 6.45) is 1.03. The van der Waals surface area contributed by atoms with Crippen molar-refractivity contribution in [3.63, 3.8) is 0 Å². The molecule has 78 valence electrons. The van der Waals surface area contributed by atoms with Crippen molar-refractivity contribution >= 4 is 15.8 Å². The van der Waals surface area contributed by atoms with Crippen molar-refractivity contribution in [1.82, 2.24) is 9.55 Å². The number of carboxylic acids is 1. The van der Waals surface area contributed by atoms with Gasteiger partial charge in [-0.3, -0.25) is 0 Å². The molecule has 6 nitrogen and oxygen atoms in total. The first-order chi connectivity index (χ1) is 6.40. The summed E-state index contributed by atoms with van der Waals surface area (Å²) >= 11 is 0. The standard InChI is InChI=1S/C7H10N2O4S/c1-3-14(12,13)7-8-4-5(6(10)11)9(7)2/h4H,3H2,1-2H3,(H,10,11). The zero-order chi connectivity index (χ0) is 10.9. The van der Waals surface area contributed by atoms with Gasteiger partial charge >= 0.3 is 5.97 Å². The molecule has 0 radical (unpaired) electrons. The quantitative estimate of drug-likeness (QED) is 0.765. The summed E-state index contributed by atoms with van der Waals surface area (Å²) in [4.78, 5) is 14.2. The molecule has 1 rings (SSSR count). The number of nitrogens with zero attached hydrogens (tertiary/aromatic N) is 2. The predicted molar refractivity (Wildman–Crippen MR) is 47.9 cm³/mol. The van der Waals surface area contributed by atoms with E-state index in [-0.39, 0.29) is 16.6 Å². The average Bonchev–Trinajstić information content (AvgIpc) is 2.47. The molecule has 1 aromatic rings. The summed E-state index contributed by atoms with van der Waals surface area (Å²) in [7, 11) is -2.09. The van der Waals surface area contributed by atoms with E-state index in [1.54, 1.807) is 0 Å². The van der Waals surface area contributed by atoms with Crippen LogP contribution in [0.4, 0.5) is 0 Å².